The summed E-state index contributed by atoms with van der Waals surface area (Å²) in [5.41, 5.74) is -1.36. The molecule has 1 saturated carbocycles. The third-order valence-electron chi connectivity index (χ3n) is 4.30. The fraction of sp³-hybridized carbons (Fsp3) is 0.562. The first kappa shape index (κ1) is 15.7. The van der Waals surface area contributed by atoms with Gasteiger partial charge in [0.15, 0.2) is 0 Å². The highest BCUT2D eigenvalue weighted by molar-refractivity contribution is 6.00. The van der Waals surface area contributed by atoms with Crippen LogP contribution in [-0.2, 0) is 14.3 Å². The van der Waals surface area contributed by atoms with Crippen molar-refractivity contribution in [2.45, 2.75) is 32.3 Å². The van der Waals surface area contributed by atoms with Crippen LogP contribution in [0.4, 0.5) is 5.69 Å². The Morgan fingerprint density at radius 2 is 2.17 bits per heavy atom. The minimum absolute atomic E-state index is 0.0932. The van der Waals surface area contributed by atoms with Crippen molar-refractivity contribution in [3.05, 3.63) is 18.3 Å². The number of ether oxygens (including phenoxy) is 2. The second-order valence-corrected chi connectivity index (χ2v) is 6.77. The molecule has 2 aliphatic heterocycles. The number of nitrogens with one attached hydrogen (secondary N) is 1. The summed E-state index contributed by atoms with van der Waals surface area (Å²) < 4.78 is 10.9. The van der Waals surface area contributed by atoms with E-state index in [1.165, 1.54) is 6.20 Å². The van der Waals surface area contributed by atoms with Crippen molar-refractivity contribution in [2.75, 3.05) is 18.5 Å². The molecule has 0 spiro atoms. The number of carbonyl (C=O) groups excluding carboxylic acids is 1. The lowest BCUT2D eigenvalue weighted by Crippen LogP contribution is -2.55. The first-order valence-electron chi connectivity index (χ1n) is 7.63. The summed E-state index contributed by atoms with van der Waals surface area (Å²) >= 11 is 0. The van der Waals surface area contributed by atoms with Crippen molar-refractivity contribution in [3.63, 3.8) is 0 Å². The number of carboxylic acids is 1. The Balaban J connectivity index is 1.58. The average Bonchev–Trinajstić information content (AvgIpc) is 3.04. The first-order valence-corrected chi connectivity index (χ1v) is 7.63. The van der Waals surface area contributed by atoms with Gasteiger partial charge in [0.2, 0.25) is 5.88 Å². The number of fused-ring (bicyclic) bond motifs is 1. The van der Waals surface area contributed by atoms with E-state index in [2.05, 4.69) is 10.3 Å². The van der Waals surface area contributed by atoms with Gasteiger partial charge in [-0.15, -0.1) is 0 Å². The summed E-state index contributed by atoms with van der Waals surface area (Å²) in [6.07, 6.45) is 1.97. The summed E-state index contributed by atoms with van der Waals surface area (Å²) in [7, 11) is 0. The molecule has 2 N–H and O–H groups in total. The molecule has 4 rings (SSSR count). The van der Waals surface area contributed by atoms with Crippen LogP contribution in [0.25, 0.3) is 0 Å². The molecule has 23 heavy (non-hydrogen) atoms. The fourth-order valence-corrected chi connectivity index (χ4v) is 3.00. The molecule has 3 heterocycles. The highest BCUT2D eigenvalue weighted by Gasteiger charge is 2.70. The van der Waals surface area contributed by atoms with Crippen molar-refractivity contribution in [1.82, 2.24) is 4.98 Å². The van der Waals surface area contributed by atoms with Gasteiger partial charge in [-0.25, -0.2) is 4.98 Å². The molecule has 1 amide bonds. The van der Waals surface area contributed by atoms with E-state index >= 15 is 0 Å². The molecule has 2 saturated heterocycles. The quantitative estimate of drug-likeness (QED) is 0.828. The van der Waals surface area contributed by atoms with Crippen LogP contribution in [-0.4, -0.2) is 40.8 Å². The number of carbonyl (C=O) groups is 2. The predicted molar refractivity (Wildman–Crippen MR) is 81.2 cm³/mol. The van der Waals surface area contributed by atoms with E-state index in [4.69, 9.17) is 9.47 Å². The lowest BCUT2D eigenvalue weighted by Gasteiger charge is -2.40. The zero-order valence-corrected chi connectivity index (χ0v) is 13.2. The second kappa shape index (κ2) is 5.49. The maximum atomic E-state index is 12.4. The normalized spacial score (nSPS) is 28.3. The van der Waals surface area contributed by atoms with Gasteiger partial charge in [0.25, 0.3) is 5.91 Å². The maximum absolute atomic E-state index is 12.4. The Labute approximate surface area is 134 Å². The highest BCUT2D eigenvalue weighted by atomic mass is 16.5. The molecule has 0 atom stereocenters. The van der Waals surface area contributed by atoms with E-state index in [9.17, 15) is 14.7 Å². The van der Waals surface area contributed by atoms with E-state index in [0.717, 1.165) is 0 Å². The van der Waals surface area contributed by atoms with Gasteiger partial charge in [0.05, 0.1) is 30.5 Å². The number of hydrogen-bond donors (Lipinski definition) is 2. The molecule has 0 unspecified atom stereocenters. The molecule has 7 heteroatoms. The van der Waals surface area contributed by atoms with Crippen LogP contribution >= 0.6 is 0 Å². The van der Waals surface area contributed by atoms with Crippen LogP contribution in [0.3, 0.4) is 0 Å². The number of amides is 1. The van der Waals surface area contributed by atoms with Gasteiger partial charge >= 0.3 is 5.97 Å². The van der Waals surface area contributed by atoms with E-state index in [1.807, 2.05) is 13.8 Å². The number of aromatic nitrogens is 1. The first-order chi connectivity index (χ1) is 10.9. The van der Waals surface area contributed by atoms with E-state index < -0.39 is 17.0 Å². The topological polar surface area (TPSA) is 97.8 Å². The number of aliphatic carboxylic acids is 1. The molecule has 0 aromatic carbocycles. The molecule has 1 aromatic rings. The predicted octanol–water partition coefficient (Wildman–Crippen LogP) is 1.69. The van der Waals surface area contributed by atoms with Crippen LogP contribution in [0, 0.1) is 11.3 Å². The van der Waals surface area contributed by atoms with Gasteiger partial charge in [0, 0.05) is 18.9 Å². The zero-order valence-electron chi connectivity index (χ0n) is 13.2. The van der Waals surface area contributed by atoms with Crippen LogP contribution in [0.5, 0.6) is 5.88 Å². The summed E-state index contributed by atoms with van der Waals surface area (Å²) in [6, 6.07) is 3.39. The Bertz CT molecular complexity index is 620. The van der Waals surface area contributed by atoms with E-state index in [0.29, 0.717) is 24.1 Å². The van der Waals surface area contributed by atoms with Gasteiger partial charge in [-0.1, -0.05) is 13.8 Å². The standard InChI is InChI=1S/C16H20N2O5/c1-10(2)6-22-12-4-3-11(5-17-12)18-13(19)16-7-15(8-16,9-23-16)14(20)21/h3-5,10H,6-9H2,1-2H3,(H,18,19)(H,20,21). The second-order valence-electron chi connectivity index (χ2n) is 6.77. The average molecular weight is 320 g/mol. The molecule has 0 radical (unpaired) electrons. The Morgan fingerprint density at radius 3 is 2.70 bits per heavy atom. The lowest BCUT2D eigenvalue weighted by atomic mass is 9.62. The molecule has 7 nitrogen and oxygen atoms in total. The maximum Gasteiger partial charge on any atom is 0.312 e. The third kappa shape index (κ3) is 2.76. The largest absolute Gasteiger partial charge is 0.481 e. The minimum Gasteiger partial charge on any atom is -0.481 e. The van der Waals surface area contributed by atoms with Crippen molar-refractivity contribution >= 4 is 17.6 Å². The molecule has 1 aromatic heterocycles. The number of rotatable bonds is 6. The molecule has 124 valence electrons. The number of pyridine rings is 1. The highest BCUT2D eigenvalue weighted by Crippen LogP contribution is 2.58. The number of nitrogens with zero attached hydrogens (tertiary/aromatic N) is 1. The number of hydrogen-bond acceptors (Lipinski definition) is 5. The summed E-state index contributed by atoms with van der Waals surface area (Å²) in [4.78, 5) is 27.7. The van der Waals surface area contributed by atoms with E-state index in [-0.39, 0.29) is 25.4 Å². The van der Waals surface area contributed by atoms with Crippen molar-refractivity contribution in [2.24, 2.45) is 11.3 Å². The Morgan fingerprint density at radius 1 is 1.43 bits per heavy atom. The zero-order chi connectivity index (χ0) is 16.7. The summed E-state index contributed by atoms with van der Waals surface area (Å²) in [6.45, 7) is 4.76. The number of anilines is 1. The summed E-state index contributed by atoms with van der Waals surface area (Å²) in [5.74, 6) is -0.306. The van der Waals surface area contributed by atoms with Crippen molar-refractivity contribution < 1.29 is 24.2 Å². The van der Waals surface area contributed by atoms with Gasteiger partial charge in [-0.2, -0.15) is 0 Å². The van der Waals surface area contributed by atoms with Gasteiger partial charge < -0.3 is 19.9 Å². The van der Waals surface area contributed by atoms with Gasteiger partial charge in [-0.3, -0.25) is 9.59 Å². The van der Waals surface area contributed by atoms with Gasteiger partial charge in [-0.05, 0) is 12.0 Å². The monoisotopic (exact) mass is 320 g/mol. The Hall–Kier alpha value is -2.15. The number of carboxylic acid groups (broad SMARTS) is 1. The SMILES string of the molecule is CC(C)COc1ccc(NC(=O)C23CC(C(=O)O)(CO2)C3)cn1. The van der Waals surface area contributed by atoms with Crippen LogP contribution in [0.2, 0.25) is 0 Å². The molecule has 3 fully saturated rings. The summed E-state index contributed by atoms with van der Waals surface area (Å²) in [5, 5.41) is 11.9. The van der Waals surface area contributed by atoms with Gasteiger partial charge in [0.1, 0.15) is 5.60 Å². The molecular weight excluding hydrogens is 300 g/mol. The van der Waals surface area contributed by atoms with Crippen molar-refractivity contribution in [1.29, 1.82) is 0 Å². The Kier molecular flexibility index (Phi) is 3.75. The molecular formula is C16H20N2O5. The van der Waals surface area contributed by atoms with E-state index in [1.54, 1.807) is 12.1 Å². The molecule has 1 aliphatic carbocycles. The smallest absolute Gasteiger partial charge is 0.312 e. The van der Waals surface area contributed by atoms with Crippen LogP contribution in [0.15, 0.2) is 18.3 Å². The van der Waals surface area contributed by atoms with Crippen molar-refractivity contribution in [3.8, 4) is 5.88 Å². The molecule has 3 aliphatic rings. The third-order valence-corrected chi connectivity index (χ3v) is 4.30. The van der Waals surface area contributed by atoms with Crippen LogP contribution < -0.4 is 10.1 Å². The lowest BCUT2D eigenvalue weighted by molar-refractivity contribution is -0.156. The van der Waals surface area contributed by atoms with Crippen LogP contribution in [0.1, 0.15) is 26.7 Å². The fourth-order valence-electron chi connectivity index (χ4n) is 3.00. The molecule has 2 bridgehead atoms. The minimum atomic E-state index is -1.01.